The highest BCUT2D eigenvalue weighted by Gasteiger charge is 2.53. The summed E-state index contributed by atoms with van der Waals surface area (Å²) < 4.78 is 11.6. The van der Waals surface area contributed by atoms with Gasteiger partial charge < -0.3 is 14.1 Å². The van der Waals surface area contributed by atoms with Gasteiger partial charge in [0.1, 0.15) is 5.69 Å². The van der Waals surface area contributed by atoms with E-state index in [0.29, 0.717) is 37.2 Å². The molecule has 0 radical (unpaired) electrons. The number of likely N-dealkylation sites (tertiary alicyclic amines) is 1. The summed E-state index contributed by atoms with van der Waals surface area (Å²) in [6, 6.07) is 0. The van der Waals surface area contributed by atoms with E-state index in [1.807, 2.05) is 4.90 Å². The fourth-order valence-corrected chi connectivity index (χ4v) is 3.93. The van der Waals surface area contributed by atoms with Gasteiger partial charge in [0, 0.05) is 32.0 Å². The van der Waals surface area contributed by atoms with Crippen molar-refractivity contribution in [3.63, 3.8) is 0 Å². The quantitative estimate of drug-likeness (QED) is 0.832. The van der Waals surface area contributed by atoms with Crippen molar-refractivity contribution in [2.75, 3.05) is 19.7 Å². The molecule has 2 saturated heterocycles. The standard InChI is InChI=1S/C14H16N4O3S/c1-9-16-17-13(21-9)14-3-5-20-11(14)2-4-18(7-14)12(19)10-6-22-8-15-10/h6,8,11H,2-5,7H2,1H3/t11-,14-/m0/s1. The van der Waals surface area contributed by atoms with Gasteiger partial charge in [-0.25, -0.2) is 4.98 Å². The molecule has 116 valence electrons. The van der Waals surface area contributed by atoms with Gasteiger partial charge in [-0.1, -0.05) is 0 Å². The number of fused-ring (bicyclic) bond motifs is 1. The van der Waals surface area contributed by atoms with E-state index >= 15 is 0 Å². The Kier molecular flexibility index (Phi) is 3.23. The van der Waals surface area contributed by atoms with Crippen molar-refractivity contribution in [2.45, 2.75) is 31.3 Å². The topological polar surface area (TPSA) is 81.4 Å². The van der Waals surface area contributed by atoms with E-state index < -0.39 is 0 Å². The summed E-state index contributed by atoms with van der Waals surface area (Å²) in [5, 5.41) is 9.94. The number of piperidine rings is 1. The van der Waals surface area contributed by atoms with E-state index in [-0.39, 0.29) is 17.4 Å². The van der Waals surface area contributed by atoms with Crippen LogP contribution in [0.3, 0.4) is 0 Å². The number of nitrogens with zero attached hydrogens (tertiary/aromatic N) is 4. The fraction of sp³-hybridized carbons (Fsp3) is 0.571. The average molecular weight is 320 g/mol. The minimum atomic E-state index is -0.384. The number of hydrogen-bond acceptors (Lipinski definition) is 7. The molecule has 0 aliphatic carbocycles. The van der Waals surface area contributed by atoms with Crippen LogP contribution in [-0.4, -0.2) is 51.8 Å². The number of hydrogen-bond donors (Lipinski definition) is 0. The number of ether oxygens (including phenoxy) is 1. The highest BCUT2D eigenvalue weighted by molar-refractivity contribution is 7.07. The predicted molar refractivity (Wildman–Crippen MR) is 77.7 cm³/mol. The van der Waals surface area contributed by atoms with Crippen LogP contribution in [0.1, 0.15) is 35.1 Å². The van der Waals surface area contributed by atoms with Gasteiger partial charge in [-0.3, -0.25) is 4.79 Å². The Morgan fingerprint density at radius 1 is 1.50 bits per heavy atom. The molecule has 1 amide bonds. The Hall–Kier alpha value is -1.80. The van der Waals surface area contributed by atoms with Gasteiger partial charge in [-0.05, 0) is 12.8 Å². The highest BCUT2D eigenvalue weighted by Crippen LogP contribution is 2.43. The maximum absolute atomic E-state index is 12.6. The average Bonchev–Trinajstić information content (AvgIpc) is 3.26. The van der Waals surface area contributed by atoms with E-state index in [2.05, 4.69) is 15.2 Å². The number of amides is 1. The largest absolute Gasteiger partial charge is 0.425 e. The van der Waals surface area contributed by atoms with Gasteiger partial charge in [0.05, 0.1) is 17.0 Å². The van der Waals surface area contributed by atoms with Crippen LogP contribution >= 0.6 is 11.3 Å². The Morgan fingerprint density at radius 2 is 2.41 bits per heavy atom. The van der Waals surface area contributed by atoms with E-state index in [1.165, 1.54) is 11.3 Å². The molecular weight excluding hydrogens is 304 g/mol. The third kappa shape index (κ3) is 2.05. The van der Waals surface area contributed by atoms with Crippen molar-refractivity contribution in [2.24, 2.45) is 0 Å². The second kappa shape index (κ2) is 5.13. The van der Waals surface area contributed by atoms with Crippen LogP contribution in [0.5, 0.6) is 0 Å². The Bertz CT molecular complexity index is 686. The second-order valence-corrected chi connectivity index (χ2v) is 6.50. The first-order chi connectivity index (χ1) is 10.7. The summed E-state index contributed by atoms with van der Waals surface area (Å²) in [5.41, 5.74) is 1.79. The van der Waals surface area contributed by atoms with Crippen molar-refractivity contribution >= 4 is 17.2 Å². The zero-order chi connectivity index (χ0) is 15.2. The predicted octanol–water partition coefficient (Wildman–Crippen LogP) is 1.41. The molecule has 2 aromatic rings. The Labute approximate surface area is 131 Å². The lowest BCUT2D eigenvalue weighted by atomic mass is 9.76. The second-order valence-electron chi connectivity index (χ2n) is 5.78. The summed E-state index contributed by atoms with van der Waals surface area (Å²) in [5.74, 6) is 1.09. The number of carbonyl (C=O) groups is 1. The number of thiazole rings is 1. The smallest absolute Gasteiger partial charge is 0.273 e. The summed E-state index contributed by atoms with van der Waals surface area (Å²) in [6.07, 6.45) is 1.60. The first-order valence-corrected chi connectivity index (χ1v) is 8.23. The van der Waals surface area contributed by atoms with Gasteiger partial charge >= 0.3 is 0 Å². The first-order valence-electron chi connectivity index (χ1n) is 7.29. The molecule has 0 bridgehead atoms. The monoisotopic (exact) mass is 320 g/mol. The van der Waals surface area contributed by atoms with Crippen molar-refractivity contribution in [1.82, 2.24) is 20.1 Å². The summed E-state index contributed by atoms with van der Waals surface area (Å²) in [6.45, 7) is 3.63. The van der Waals surface area contributed by atoms with Crippen molar-refractivity contribution < 1.29 is 13.9 Å². The Balaban J connectivity index is 1.65. The van der Waals surface area contributed by atoms with Crippen LogP contribution in [0.15, 0.2) is 15.3 Å². The third-order valence-electron chi connectivity index (χ3n) is 4.51. The summed E-state index contributed by atoms with van der Waals surface area (Å²) in [7, 11) is 0. The molecule has 7 nitrogen and oxygen atoms in total. The minimum absolute atomic E-state index is 0.0341. The molecule has 0 unspecified atom stereocenters. The van der Waals surface area contributed by atoms with Crippen molar-refractivity contribution in [3.05, 3.63) is 28.4 Å². The van der Waals surface area contributed by atoms with Gasteiger partial charge in [-0.2, -0.15) is 0 Å². The lowest BCUT2D eigenvalue weighted by Gasteiger charge is -2.41. The van der Waals surface area contributed by atoms with Gasteiger partial charge in [0.25, 0.3) is 5.91 Å². The lowest BCUT2D eigenvalue weighted by Crippen LogP contribution is -2.54. The molecule has 2 fully saturated rings. The van der Waals surface area contributed by atoms with E-state index in [0.717, 1.165) is 12.8 Å². The van der Waals surface area contributed by atoms with Crippen LogP contribution in [0, 0.1) is 6.92 Å². The fourth-order valence-electron chi connectivity index (χ4n) is 3.40. The van der Waals surface area contributed by atoms with Crippen LogP contribution in [0.25, 0.3) is 0 Å². The van der Waals surface area contributed by atoms with E-state index in [1.54, 1.807) is 17.8 Å². The zero-order valence-corrected chi connectivity index (χ0v) is 13.0. The molecule has 8 heteroatoms. The Morgan fingerprint density at radius 3 is 3.14 bits per heavy atom. The number of rotatable bonds is 2. The maximum atomic E-state index is 12.6. The summed E-state index contributed by atoms with van der Waals surface area (Å²) in [4.78, 5) is 18.5. The number of aryl methyl sites for hydroxylation is 1. The molecule has 0 spiro atoms. The molecule has 2 aromatic heterocycles. The molecule has 2 aliphatic heterocycles. The van der Waals surface area contributed by atoms with Gasteiger partial charge in [-0.15, -0.1) is 21.5 Å². The van der Waals surface area contributed by atoms with Crippen LogP contribution in [-0.2, 0) is 10.2 Å². The van der Waals surface area contributed by atoms with E-state index in [9.17, 15) is 4.79 Å². The molecule has 0 N–H and O–H groups in total. The first kappa shape index (κ1) is 13.8. The number of carbonyl (C=O) groups excluding carboxylic acids is 1. The third-order valence-corrected chi connectivity index (χ3v) is 5.09. The minimum Gasteiger partial charge on any atom is -0.425 e. The normalized spacial score (nSPS) is 27.9. The molecular formula is C14H16N4O3S. The van der Waals surface area contributed by atoms with Crippen LogP contribution in [0.4, 0.5) is 0 Å². The van der Waals surface area contributed by atoms with Crippen LogP contribution < -0.4 is 0 Å². The molecule has 0 saturated carbocycles. The van der Waals surface area contributed by atoms with Crippen LogP contribution in [0.2, 0.25) is 0 Å². The molecule has 22 heavy (non-hydrogen) atoms. The molecule has 0 aromatic carbocycles. The van der Waals surface area contributed by atoms with E-state index in [4.69, 9.17) is 9.15 Å². The number of aromatic nitrogens is 3. The SMILES string of the molecule is Cc1nnc([C@]23CCO[C@H]2CCN(C(=O)c2cscn2)C3)o1. The highest BCUT2D eigenvalue weighted by atomic mass is 32.1. The van der Waals surface area contributed by atoms with Crippen molar-refractivity contribution in [3.8, 4) is 0 Å². The molecule has 4 rings (SSSR count). The maximum Gasteiger partial charge on any atom is 0.273 e. The summed E-state index contributed by atoms with van der Waals surface area (Å²) >= 11 is 1.43. The molecule has 2 atom stereocenters. The molecule has 2 aliphatic rings. The van der Waals surface area contributed by atoms with Gasteiger partial charge in [0.2, 0.25) is 11.8 Å². The van der Waals surface area contributed by atoms with Crippen molar-refractivity contribution in [1.29, 1.82) is 0 Å². The molecule has 4 heterocycles. The zero-order valence-electron chi connectivity index (χ0n) is 12.2. The van der Waals surface area contributed by atoms with Gasteiger partial charge in [0.15, 0.2) is 0 Å². The lowest BCUT2D eigenvalue weighted by molar-refractivity contribution is 0.00948.